The minimum atomic E-state index is -0.603. The fraction of sp³-hybridized carbons (Fsp3) is 0.529. The van der Waals surface area contributed by atoms with Gasteiger partial charge in [-0.1, -0.05) is 18.2 Å². The SMILES string of the molecule is CC(C)(C)OC(=O)N1CCCC1C(=O)NCc1ccccc1F. The lowest BCUT2D eigenvalue weighted by Crippen LogP contribution is -2.47. The van der Waals surface area contributed by atoms with Crippen molar-refractivity contribution in [3.63, 3.8) is 0 Å². The summed E-state index contributed by atoms with van der Waals surface area (Å²) in [6.45, 7) is 5.95. The predicted octanol–water partition coefficient (Wildman–Crippen LogP) is 2.84. The standard InChI is InChI=1S/C17H23FN2O3/c1-17(2,3)23-16(22)20-10-6-9-14(20)15(21)19-11-12-7-4-5-8-13(12)18/h4-5,7-8,14H,6,9-11H2,1-3H3,(H,19,21). The van der Waals surface area contributed by atoms with Crippen molar-refractivity contribution in [2.24, 2.45) is 0 Å². The predicted molar refractivity (Wildman–Crippen MR) is 84.2 cm³/mol. The van der Waals surface area contributed by atoms with Crippen LogP contribution in [0.5, 0.6) is 0 Å². The average Bonchev–Trinajstić information content (AvgIpc) is 2.94. The summed E-state index contributed by atoms with van der Waals surface area (Å²) in [5.74, 6) is -0.639. The molecule has 6 heteroatoms. The van der Waals surface area contributed by atoms with Crippen molar-refractivity contribution in [3.05, 3.63) is 35.6 Å². The molecule has 2 amide bonds. The van der Waals surface area contributed by atoms with Crippen LogP contribution in [0.15, 0.2) is 24.3 Å². The Bertz CT molecular complexity index is 583. The molecule has 1 aromatic carbocycles. The average molecular weight is 322 g/mol. The molecule has 126 valence electrons. The van der Waals surface area contributed by atoms with Gasteiger partial charge >= 0.3 is 6.09 Å². The molecule has 2 rings (SSSR count). The zero-order valence-corrected chi connectivity index (χ0v) is 13.8. The number of rotatable bonds is 3. The Balaban J connectivity index is 1.95. The van der Waals surface area contributed by atoms with Gasteiger partial charge in [0.1, 0.15) is 17.5 Å². The van der Waals surface area contributed by atoms with Gasteiger partial charge in [0.15, 0.2) is 0 Å². The Morgan fingerprint density at radius 3 is 2.70 bits per heavy atom. The minimum Gasteiger partial charge on any atom is -0.444 e. The molecule has 1 aliphatic rings. The topological polar surface area (TPSA) is 58.6 Å². The highest BCUT2D eigenvalue weighted by molar-refractivity contribution is 5.86. The van der Waals surface area contributed by atoms with Gasteiger partial charge < -0.3 is 10.1 Å². The van der Waals surface area contributed by atoms with Crippen molar-refractivity contribution in [2.75, 3.05) is 6.54 Å². The van der Waals surface area contributed by atoms with Gasteiger partial charge in [-0.25, -0.2) is 9.18 Å². The smallest absolute Gasteiger partial charge is 0.410 e. The maximum absolute atomic E-state index is 13.6. The van der Waals surface area contributed by atoms with Gasteiger partial charge in [0.2, 0.25) is 5.91 Å². The first kappa shape index (κ1) is 17.2. The Labute approximate surface area is 135 Å². The number of hydrogen-bond acceptors (Lipinski definition) is 3. The quantitative estimate of drug-likeness (QED) is 0.931. The molecule has 1 heterocycles. The molecule has 0 spiro atoms. The minimum absolute atomic E-state index is 0.101. The van der Waals surface area contributed by atoms with E-state index in [9.17, 15) is 14.0 Å². The van der Waals surface area contributed by atoms with Gasteiger partial charge in [-0.2, -0.15) is 0 Å². The number of carbonyl (C=O) groups excluding carboxylic acids is 2. The number of nitrogens with one attached hydrogen (secondary N) is 1. The van der Waals surface area contributed by atoms with Gasteiger partial charge in [0, 0.05) is 18.7 Å². The summed E-state index contributed by atoms with van der Waals surface area (Å²) in [7, 11) is 0. The second-order valence-corrected chi connectivity index (χ2v) is 6.64. The normalized spacial score (nSPS) is 17.9. The van der Waals surface area contributed by atoms with Crippen LogP contribution in [0.25, 0.3) is 0 Å². The fourth-order valence-corrected chi connectivity index (χ4v) is 2.52. The summed E-state index contributed by atoms with van der Waals surface area (Å²) in [4.78, 5) is 25.9. The third-order valence-corrected chi connectivity index (χ3v) is 3.59. The van der Waals surface area contributed by atoms with E-state index < -0.39 is 17.7 Å². The molecular formula is C17H23FN2O3. The number of ether oxygens (including phenoxy) is 1. The molecular weight excluding hydrogens is 299 g/mol. The van der Waals surface area contributed by atoms with E-state index in [4.69, 9.17) is 4.74 Å². The van der Waals surface area contributed by atoms with E-state index in [1.54, 1.807) is 39.0 Å². The summed E-state index contributed by atoms with van der Waals surface area (Å²) in [5, 5.41) is 2.70. The van der Waals surface area contributed by atoms with Crippen LogP contribution < -0.4 is 5.32 Å². The fourth-order valence-electron chi connectivity index (χ4n) is 2.52. The lowest BCUT2D eigenvalue weighted by molar-refractivity contribution is -0.125. The summed E-state index contributed by atoms with van der Waals surface area (Å²) in [5.41, 5.74) is -0.184. The van der Waals surface area contributed by atoms with Gasteiger partial charge in [-0.15, -0.1) is 0 Å². The van der Waals surface area contributed by atoms with E-state index in [0.717, 1.165) is 6.42 Å². The molecule has 1 N–H and O–H groups in total. The van der Waals surface area contributed by atoms with Gasteiger partial charge in [-0.3, -0.25) is 9.69 Å². The lowest BCUT2D eigenvalue weighted by atomic mass is 10.2. The molecule has 0 radical (unpaired) electrons. The molecule has 0 aromatic heterocycles. The molecule has 5 nitrogen and oxygen atoms in total. The van der Waals surface area contributed by atoms with Crippen LogP contribution in [-0.4, -0.2) is 35.1 Å². The molecule has 1 aliphatic heterocycles. The largest absolute Gasteiger partial charge is 0.444 e. The van der Waals surface area contributed by atoms with E-state index in [-0.39, 0.29) is 18.3 Å². The number of nitrogens with zero attached hydrogens (tertiary/aromatic N) is 1. The summed E-state index contributed by atoms with van der Waals surface area (Å²) < 4.78 is 18.9. The number of likely N-dealkylation sites (tertiary alicyclic amines) is 1. The van der Waals surface area contributed by atoms with Crippen molar-refractivity contribution in [3.8, 4) is 0 Å². The van der Waals surface area contributed by atoms with Gasteiger partial charge in [0.05, 0.1) is 0 Å². The third kappa shape index (κ3) is 4.68. The van der Waals surface area contributed by atoms with Crippen LogP contribution in [-0.2, 0) is 16.1 Å². The van der Waals surface area contributed by atoms with Crippen LogP contribution in [0.2, 0.25) is 0 Å². The van der Waals surface area contributed by atoms with Gasteiger partial charge in [0.25, 0.3) is 0 Å². The van der Waals surface area contributed by atoms with E-state index >= 15 is 0 Å². The van der Waals surface area contributed by atoms with Crippen LogP contribution in [0.4, 0.5) is 9.18 Å². The molecule has 1 aromatic rings. The molecule has 0 bridgehead atoms. The Morgan fingerprint density at radius 2 is 2.04 bits per heavy atom. The lowest BCUT2D eigenvalue weighted by Gasteiger charge is -2.28. The zero-order chi connectivity index (χ0) is 17.0. The third-order valence-electron chi connectivity index (χ3n) is 3.59. The highest BCUT2D eigenvalue weighted by atomic mass is 19.1. The maximum atomic E-state index is 13.6. The van der Waals surface area contributed by atoms with Crippen molar-refractivity contribution in [2.45, 2.75) is 51.8 Å². The van der Waals surface area contributed by atoms with Crippen molar-refractivity contribution >= 4 is 12.0 Å². The highest BCUT2D eigenvalue weighted by Crippen LogP contribution is 2.21. The number of hydrogen-bond donors (Lipinski definition) is 1. The van der Waals surface area contributed by atoms with E-state index in [0.29, 0.717) is 18.5 Å². The second-order valence-electron chi connectivity index (χ2n) is 6.64. The molecule has 1 fully saturated rings. The van der Waals surface area contributed by atoms with Crippen LogP contribution >= 0.6 is 0 Å². The first-order chi connectivity index (χ1) is 10.8. The number of benzene rings is 1. The van der Waals surface area contributed by atoms with E-state index in [1.807, 2.05) is 0 Å². The molecule has 1 unspecified atom stereocenters. The zero-order valence-electron chi connectivity index (χ0n) is 13.8. The van der Waals surface area contributed by atoms with Crippen LogP contribution in [0.1, 0.15) is 39.2 Å². The monoisotopic (exact) mass is 322 g/mol. The Hall–Kier alpha value is -2.11. The number of carbonyl (C=O) groups is 2. The van der Waals surface area contributed by atoms with Crippen LogP contribution in [0, 0.1) is 5.82 Å². The highest BCUT2D eigenvalue weighted by Gasteiger charge is 2.36. The molecule has 1 atom stereocenters. The van der Waals surface area contributed by atoms with Crippen molar-refractivity contribution in [1.82, 2.24) is 10.2 Å². The van der Waals surface area contributed by atoms with Crippen molar-refractivity contribution < 1.29 is 18.7 Å². The Morgan fingerprint density at radius 1 is 1.35 bits per heavy atom. The molecule has 0 aliphatic carbocycles. The number of amides is 2. The van der Waals surface area contributed by atoms with E-state index in [1.165, 1.54) is 11.0 Å². The Kier molecular flexibility index (Phi) is 5.23. The number of halogens is 1. The van der Waals surface area contributed by atoms with Gasteiger partial charge in [-0.05, 0) is 39.7 Å². The maximum Gasteiger partial charge on any atom is 0.410 e. The first-order valence-electron chi connectivity index (χ1n) is 7.78. The molecule has 23 heavy (non-hydrogen) atoms. The molecule has 0 saturated carbocycles. The summed E-state index contributed by atoms with van der Waals surface area (Å²) >= 11 is 0. The first-order valence-corrected chi connectivity index (χ1v) is 7.78. The summed E-state index contributed by atoms with van der Waals surface area (Å²) in [6.07, 6.45) is 0.848. The van der Waals surface area contributed by atoms with Crippen LogP contribution in [0.3, 0.4) is 0 Å². The van der Waals surface area contributed by atoms with E-state index in [2.05, 4.69) is 5.32 Å². The summed E-state index contributed by atoms with van der Waals surface area (Å²) in [6, 6.07) is 5.73. The molecule has 1 saturated heterocycles. The second kappa shape index (κ2) is 6.98. The van der Waals surface area contributed by atoms with Crippen molar-refractivity contribution in [1.29, 1.82) is 0 Å².